The number of rotatable bonds is 5. The third-order valence-corrected chi connectivity index (χ3v) is 6.30. The van der Waals surface area contributed by atoms with Crippen LogP contribution in [0.3, 0.4) is 0 Å². The predicted molar refractivity (Wildman–Crippen MR) is 144 cm³/mol. The van der Waals surface area contributed by atoms with Crippen molar-refractivity contribution in [3.63, 3.8) is 0 Å². The highest BCUT2D eigenvalue weighted by Gasteiger charge is 2.37. The van der Waals surface area contributed by atoms with Crippen molar-refractivity contribution >= 4 is 40.4 Å². The van der Waals surface area contributed by atoms with Crippen LogP contribution in [0.1, 0.15) is 27.8 Å². The Bertz CT molecular complexity index is 1560. The number of anilines is 1. The van der Waals surface area contributed by atoms with Gasteiger partial charge in [-0.25, -0.2) is 9.69 Å². The van der Waals surface area contributed by atoms with E-state index in [2.05, 4.69) is 5.32 Å². The van der Waals surface area contributed by atoms with Crippen LogP contribution in [-0.4, -0.2) is 17.8 Å². The molecular formula is C31H26N2O4. The van der Waals surface area contributed by atoms with Crippen LogP contribution in [0, 0.1) is 20.8 Å². The number of amides is 4. The fourth-order valence-electron chi connectivity index (χ4n) is 4.51. The van der Waals surface area contributed by atoms with Crippen LogP contribution in [0.25, 0.3) is 16.8 Å². The maximum Gasteiger partial charge on any atom is 0.335 e. The molecule has 4 aromatic carbocycles. The summed E-state index contributed by atoms with van der Waals surface area (Å²) in [4.78, 5) is 40.2. The van der Waals surface area contributed by atoms with E-state index in [1.165, 1.54) is 6.08 Å². The summed E-state index contributed by atoms with van der Waals surface area (Å²) < 4.78 is 6.18. The molecule has 1 saturated heterocycles. The third kappa shape index (κ3) is 4.86. The Morgan fingerprint density at radius 3 is 2.24 bits per heavy atom. The molecule has 5 rings (SSSR count). The first-order valence-electron chi connectivity index (χ1n) is 12.0. The molecular weight excluding hydrogens is 464 g/mol. The number of hydrogen-bond acceptors (Lipinski definition) is 4. The highest BCUT2D eigenvalue weighted by atomic mass is 16.5. The van der Waals surface area contributed by atoms with Gasteiger partial charge in [-0.1, -0.05) is 66.2 Å². The summed E-state index contributed by atoms with van der Waals surface area (Å²) in [5.74, 6) is -0.897. The minimum atomic E-state index is -0.772. The Kier molecular flexibility index (Phi) is 6.32. The summed E-state index contributed by atoms with van der Waals surface area (Å²) in [5.41, 5.74) is 4.82. The van der Waals surface area contributed by atoms with Gasteiger partial charge >= 0.3 is 6.03 Å². The van der Waals surface area contributed by atoms with Crippen LogP contribution >= 0.6 is 0 Å². The number of barbiturate groups is 1. The maximum atomic E-state index is 13.6. The quantitative estimate of drug-likeness (QED) is 0.275. The van der Waals surface area contributed by atoms with Crippen molar-refractivity contribution in [2.45, 2.75) is 27.4 Å². The van der Waals surface area contributed by atoms with Gasteiger partial charge in [-0.2, -0.15) is 0 Å². The van der Waals surface area contributed by atoms with Crippen LogP contribution in [0.5, 0.6) is 5.75 Å². The van der Waals surface area contributed by atoms with Gasteiger partial charge in [0.15, 0.2) is 0 Å². The molecule has 0 aromatic heterocycles. The summed E-state index contributed by atoms with van der Waals surface area (Å²) in [6.45, 7) is 6.12. The van der Waals surface area contributed by atoms with E-state index < -0.39 is 17.8 Å². The second-order valence-corrected chi connectivity index (χ2v) is 9.28. The molecule has 0 aliphatic carbocycles. The topological polar surface area (TPSA) is 75.7 Å². The summed E-state index contributed by atoms with van der Waals surface area (Å²) in [5, 5.41) is 4.08. The fourth-order valence-corrected chi connectivity index (χ4v) is 4.51. The highest BCUT2D eigenvalue weighted by Crippen LogP contribution is 2.32. The Balaban J connectivity index is 1.58. The third-order valence-electron chi connectivity index (χ3n) is 6.30. The van der Waals surface area contributed by atoms with Crippen molar-refractivity contribution in [2.75, 3.05) is 4.90 Å². The van der Waals surface area contributed by atoms with Crippen molar-refractivity contribution in [3.05, 3.63) is 112 Å². The Hall–Kier alpha value is -4.71. The van der Waals surface area contributed by atoms with Crippen LogP contribution in [0.4, 0.5) is 10.5 Å². The van der Waals surface area contributed by atoms with Gasteiger partial charge in [0.25, 0.3) is 11.8 Å². The number of nitrogens with one attached hydrogen (secondary N) is 1. The minimum absolute atomic E-state index is 0.143. The smallest absolute Gasteiger partial charge is 0.335 e. The van der Waals surface area contributed by atoms with Gasteiger partial charge in [0, 0.05) is 5.56 Å². The van der Waals surface area contributed by atoms with E-state index in [0.29, 0.717) is 23.6 Å². The van der Waals surface area contributed by atoms with Gasteiger partial charge in [-0.3, -0.25) is 14.9 Å². The number of imide groups is 2. The lowest BCUT2D eigenvalue weighted by Gasteiger charge is -2.27. The maximum absolute atomic E-state index is 13.6. The second kappa shape index (κ2) is 9.74. The van der Waals surface area contributed by atoms with Crippen LogP contribution in [-0.2, 0) is 16.2 Å². The van der Waals surface area contributed by atoms with E-state index >= 15 is 0 Å². The van der Waals surface area contributed by atoms with Gasteiger partial charge in [-0.15, -0.1) is 0 Å². The predicted octanol–water partition coefficient (Wildman–Crippen LogP) is 6.01. The molecule has 0 bridgehead atoms. The van der Waals surface area contributed by atoms with E-state index in [4.69, 9.17) is 4.74 Å². The van der Waals surface area contributed by atoms with E-state index in [1.54, 1.807) is 12.1 Å². The standard InChI is InChI=1S/C31H26N2O4/c1-19-8-10-22(11-9-19)18-37-28-13-12-23-6-4-5-7-25(23)26(28)17-27-29(34)32-31(36)33(30(27)35)24-15-20(2)14-21(3)16-24/h4-17H,18H2,1-3H3,(H,32,34,36)/b27-17+. The first-order chi connectivity index (χ1) is 17.8. The number of hydrogen-bond donors (Lipinski definition) is 1. The molecule has 1 heterocycles. The number of nitrogens with zero attached hydrogens (tertiary/aromatic N) is 1. The number of ether oxygens (including phenoxy) is 1. The molecule has 0 atom stereocenters. The molecule has 6 nitrogen and oxygen atoms in total. The fraction of sp³-hybridized carbons (Fsp3) is 0.129. The first kappa shape index (κ1) is 24.0. The lowest BCUT2D eigenvalue weighted by atomic mass is 9.99. The lowest BCUT2D eigenvalue weighted by molar-refractivity contribution is -0.122. The Morgan fingerprint density at radius 1 is 0.811 bits per heavy atom. The molecule has 37 heavy (non-hydrogen) atoms. The number of aryl methyl sites for hydroxylation is 3. The molecule has 4 aromatic rings. The van der Waals surface area contributed by atoms with Crippen molar-refractivity contribution in [1.82, 2.24) is 5.32 Å². The molecule has 6 heteroatoms. The normalized spacial score (nSPS) is 14.8. The molecule has 1 fully saturated rings. The van der Waals surface area contributed by atoms with Gasteiger partial charge in [0.1, 0.15) is 17.9 Å². The molecule has 1 aliphatic rings. The van der Waals surface area contributed by atoms with Crippen molar-refractivity contribution in [3.8, 4) is 5.75 Å². The van der Waals surface area contributed by atoms with E-state index in [0.717, 1.165) is 37.9 Å². The molecule has 1 N–H and O–H groups in total. The van der Waals surface area contributed by atoms with Gasteiger partial charge in [0.05, 0.1) is 5.69 Å². The largest absolute Gasteiger partial charge is 0.488 e. The monoisotopic (exact) mass is 490 g/mol. The van der Waals surface area contributed by atoms with E-state index in [1.807, 2.05) is 87.5 Å². The van der Waals surface area contributed by atoms with Gasteiger partial charge in [-0.05, 0) is 72.5 Å². The number of carbonyl (C=O) groups is 3. The molecule has 1 aliphatic heterocycles. The lowest BCUT2D eigenvalue weighted by Crippen LogP contribution is -2.54. The molecule has 184 valence electrons. The number of urea groups is 1. The van der Waals surface area contributed by atoms with Crippen molar-refractivity contribution in [2.24, 2.45) is 0 Å². The van der Waals surface area contributed by atoms with Crippen LogP contribution < -0.4 is 15.0 Å². The average Bonchev–Trinajstić information content (AvgIpc) is 2.86. The molecule has 0 unspecified atom stereocenters. The number of fused-ring (bicyclic) bond motifs is 1. The number of benzene rings is 4. The summed E-state index contributed by atoms with van der Waals surface area (Å²) in [6, 6.07) is 24.2. The summed E-state index contributed by atoms with van der Waals surface area (Å²) in [6.07, 6.45) is 1.52. The molecule has 0 spiro atoms. The highest BCUT2D eigenvalue weighted by molar-refractivity contribution is 6.39. The zero-order valence-electron chi connectivity index (χ0n) is 20.9. The zero-order valence-corrected chi connectivity index (χ0v) is 20.9. The van der Waals surface area contributed by atoms with Crippen LogP contribution in [0.2, 0.25) is 0 Å². The zero-order chi connectivity index (χ0) is 26.1. The number of carbonyl (C=O) groups excluding carboxylic acids is 3. The Morgan fingerprint density at radius 2 is 1.51 bits per heavy atom. The van der Waals surface area contributed by atoms with Gasteiger partial charge < -0.3 is 4.74 Å². The first-order valence-corrected chi connectivity index (χ1v) is 12.0. The second-order valence-electron chi connectivity index (χ2n) is 9.28. The van der Waals surface area contributed by atoms with E-state index in [9.17, 15) is 14.4 Å². The molecule has 4 amide bonds. The summed E-state index contributed by atoms with van der Waals surface area (Å²) in [7, 11) is 0. The van der Waals surface area contributed by atoms with Crippen LogP contribution in [0.15, 0.2) is 84.4 Å². The molecule has 0 saturated carbocycles. The summed E-state index contributed by atoms with van der Waals surface area (Å²) >= 11 is 0. The van der Waals surface area contributed by atoms with Crippen molar-refractivity contribution in [1.29, 1.82) is 0 Å². The Labute approximate surface area is 215 Å². The van der Waals surface area contributed by atoms with Crippen molar-refractivity contribution < 1.29 is 19.1 Å². The van der Waals surface area contributed by atoms with Gasteiger partial charge in [0.2, 0.25) is 0 Å². The van der Waals surface area contributed by atoms with E-state index in [-0.39, 0.29) is 5.57 Å². The average molecular weight is 491 g/mol. The molecule has 0 radical (unpaired) electrons. The minimum Gasteiger partial charge on any atom is -0.488 e. The SMILES string of the molecule is Cc1ccc(COc2ccc3ccccc3c2/C=C2\C(=O)NC(=O)N(c3cc(C)cc(C)c3)C2=O)cc1.